The van der Waals surface area contributed by atoms with E-state index in [0.717, 1.165) is 6.42 Å². The Bertz CT molecular complexity index is 425. The molecular formula is C17H30N2O2. The Morgan fingerprint density at radius 2 is 1.90 bits per heavy atom. The summed E-state index contributed by atoms with van der Waals surface area (Å²) in [6, 6.07) is 0. The topological polar surface area (TPSA) is 58.2 Å². The van der Waals surface area contributed by atoms with Crippen LogP contribution in [0.5, 0.6) is 0 Å². The van der Waals surface area contributed by atoms with E-state index in [1.807, 2.05) is 26.8 Å². The summed E-state index contributed by atoms with van der Waals surface area (Å²) in [5.41, 5.74) is -1.15. The Morgan fingerprint density at radius 3 is 2.33 bits per heavy atom. The Morgan fingerprint density at radius 1 is 1.33 bits per heavy atom. The molecule has 1 aliphatic rings. The molecule has 120 valence electrons. The Balaban J connectivity index is 3.21. The molecule has 0 radical (unpaired) electrons. The van der Waals surface area contributed by atoms with Gasteiger partial charge in [-0.25, -0.2) is 0 Å². The number of amides is 2. The number of rotatable bonds is 4. The minimum atomic E-state index is -0.827. The molecule has 0 saturated heterocycles. The zero-order chi connectivity index (χ0) is 16.4. The van der Waals surface area contributed by atoms with Crippen LogP contribution in [0.3, 0.4) is 0 Å². The second-order valence-electron chi connectivity index (χ2n) is 7.53. The summed E-state index contributed by atoms with van der Waals surface area (Å²) >= 11 is 0. The molecule has 2 amide bonds. The van der Waals surface area contributed by atoms with Crippen LogP contribution >= 0.6 is 0 Å². The van der Waals surface area contributed by atoms with Gasteiger partial charge >= 0.3 is 0 Å². The van der Waals surface area contributed by atoms with E-state index in [0.29, 0.717) is 18.3 Å². The highest BCUT2D eigenvalue weighted by Gasteiger charge is 2.55. The molecule has 4 nitrogen and oxygen atoms in total. The van der Waals surface area contributed by atoms with Gasteiger partial charge in [0.15, 0.2) is 0 Å². The molecule has 0 aromatic rings. The third kappa shape index (κ3) is 3.86. The van der Waals surface area contributed by atoms with Gasteiger partial charge in [0.25, 0.3) is 0 Å². The maximum Gasteiger partial charge on any atom is 0.246 e. The molecule has 2 N–H and O–H groups in total. The molecule has 21 heavy (non-hydrogen) atoms. The smallest absolute Gasteiger partial charge is 0.246 e. The van der Waals surface area contributed by atoms with Gasteiger partial charge in [0.05, 0.1) is 0 Å². The van der Waals surface area contributed by atoms with Crippen LogP contribution in [-0.4, -0.2) is 22.9 Å². The lowest BCUT2D eigenvalue weighted by Gasteiger charge is -2.38. The first-order valence-electron chi connectivity index (χ1n) is 7.75. The third-order valence-corrected chi connectivity index (χ3v) is 4.52. The van der Waals surface area contributed by atoms with E-state index in [2.05, 4.69) is 31.1 Å². The third-order valence-electron chi connectivity index (χ3n) is 4.52. The minimum Gasteiger partial charge on any atom is -0.349 e. The largest absolute Gasteiger partial charge is 0.349 e. The van der Waals surface area contributed by atoms with Crippen molar-refractivity contribution in [3.63, 3.8) is 0 Å². The lowest BCUT2D eigenvalue weighted by molar-refractivity contribution is -0.136. The fourth-order valence-electron chi connectivity index (χ4n) is 3.51. The Labute approximate surface area is 128 Å². The average Bonchev–Trinajstić information content (AvgIpc) is 2.52. The van der Waals surface area contributed by atoms with E-state index in [1.165, 1.54) is 6.92 Å². The normalized spacial score (nSPS) is 32.6. The Kier molecular flexibility index (Phi) is 5.24. The van der Waals surface area contributed by atoms with Gasteiger partial charge in [-0.05, 0) is 51.4 Å². The second-order valence-corrected chi connectivity index (χ2v) is 7.53. The zero-order valence-electron chi connectivity index (χ0n) is 14.2. The summed E-state index contributed by atoms with van der Waals surface area (Å²) < 4.78 is 0. The van der Waals surface area contributed by atoms with Crippen LogP contribution in [0.4, 0.5) is 0 Å². The SMILES string of the molecule is C=CCC1[C@H](C)[C@H](C)CC1(NC(C)=O)C(=O)NC(C)(C)C. The number of carbonyl (C=O) groups excluding carboxylic acids is 2. The molecular weight excluding hydrogens is 264 g/mol. The molecule has 1 fully saturated rings. The lowest BCUT2D eigenvalue weighted by Crippen LogP contribution is -2.63. The lowest BCUT2D eigenvalue weighted by atomic mass is 9.79. The number of hydrogen-bond donors (Lipinski definition) is 2. The van der Waals surface area contributed by atoms with Crippen LogP contribution in [0, 0.1) is 17.8 Å². The van der Waals surface area contributed by atoms with Crippen molar-refractivity contribution in [3.8, 4) is 0 Å². The first kappa shape index (κ1) is 17.7. The van der Waals surface area contributed by atoms with Crippen molar-refractivity contribution >= 4 is 11.8 Å². The van der Waals surface area contributed by atoms with Gasteiger partial charge in [0, 0.05) is 12.5 Å². The monoisotopic (exact) mass is 294 g/mol. The predicted molar refractivity (Wildman–Crippen MR) is 85.7 cm³/mol. The van der Waals surface area contributed by atoms with Crippen molar-refractivity contribution in [2.75, 3.05) is 0 Å². The molecule has 0 heterocycles. The van der Waals surface area contributed by atoms with Gasteiger partial charge < -0.3 is 10.6 Å². The summed E-state index contributed by atoms with van der Waals surface area (Å²) in [5.74, 6) is 0.590. The highest BCUT2D eigenvalue weighted by Crippen LogP contribution is 2.46. The standard InChI is InChI=1S/C17H30N2O2/c1-8-9-14-12(3)11(2)10-17(14,18-13(4)20)15(21)19-16(5,6)7/h8,11-12,14H,1,9-10H2,2-7H3,(H,18,20)(H,19,21)/t11-,12-,14?,17?/m1/s1. The van der Waals surface area contributed by atoms with Gasteiger partial charge in [0.2, 0.25) is 11.8 Å². The van der Waals surface area contributed by atoms with Crippen LogP contribution in [0.15, 0.2) is 12.7 Å². The van der Waals surface area contributed by atoms with E-state index in [-0.39, 0.29) is 23.3 Å². The van der Waals surface area contributed by atoms with Crippen LogP contribution in [0.2, 0.25) is 0 Å². The first-order chi connectivity index (χ1) is 9.53. The van der Waals surface area contributed by atoms with Crippen molar-refractivity contribution in [2.24, 2.45) is 17.8 Å². The van der Waals surface area contributed by atoms with E-state index in [1.54, 1.807) is 0 Å². The predicted octanol–water partition coefficient (Wildman–Crippen LogP) is 2.64. The zero-order valence-corrected chi connectivity index (χ0v) is 14.2. The van der Waals surface area contributed by atoms with Crippen LogP contribution in [0.25, 0.3) is 0 Å². The maximum atomic E-state index is 12.9. The van der Waals surface area contributed by atoms with Gasteiger partial charge in [0.1, 0.15) is 5.54 Å². The summed E-state index contributed by atoms with van der Waals surface area (Å²) in [6.45, 7) is 15.5. The van der Waals surface area contributed by atoms with Gasteiger partial charge in [-0.15, -0.1) is 6.58 Å². The molecule has 1 aliphatic carbocycles. The van der Waals surface area contributed by atoms with Crippen molar-refractivity contribution in [1.82, 2.24) is 10.6 Å². The summed E-state index contributed by atoms with van der Waals surface area (Å²) in [5, 5.41) is 6.02. The van der Waals surface area contributed by atoms with E-state index >= 15 is 0 Å². The fraction of sp³-hybridized carbons (Fsp3) is 0.765. The maximum absolute atomic E-state index is 12.9. The summed E-state index contributed by atoms with van der Waals surface area (Å²) in [6.07, 6.45) is 3.25. The first-order valence-corrected chi connectivity index (χ1v) is 7.75. The van der Waals surface area contributed by atoms with E-state index in [9.17, 15) is 9.59 Å². The second kappa shape index (κ2) is 6.20. The van der Waals surface area contributed by atoms with Crippen LogP contribution in [-0.2, 0) is 9.59 Å². The van der Waals surface area contributed by atoms with E-state index in [4.69, 9.17) is 0 Å². The van der Waals surface area contributed by atoms with E-state index < -0.39 is 5.54 Å². The quantitative estimate of drug-likeness (QED) is 0.783. The Hall–Kier alpha value is -1.32. The van der Waals surface area contributed by atoms with Gasteiger partial charge in [-0.1, -0.05) is 19.9 Å². The molecule has 4 atom stereocenters. The van der Waals surface area contributed by atoms with Crippen molar-refractivity contribution < 1.29 is 9.59 Å². The molecule has 0 aromatic carbocycles. The van der Waals surface area contributed by atoms with Crippen LogP contribution < -0.4 is 10.6 Å². The molecule has 0 bridgehead atoms. The number of nitrogens with one attached hydrogen (secondary N) is 2. The van der Waals surface area contributed by atoms with Crippen LogP contribution in [0.1, 0.15) is 54.4 Å². The summed E-state index contributed by atoms with van der Waals surface area (Å²) in [4.78, 5) is 24.7. The highest BCUT2D eigenvalue weighted by molar-refractivity contribution is 5.92. The fourth-order valence-corrected chi connectivity index (χ4v) is 3.51. The number of allylic oxidation sites excluding steroid dienone is 1. The number of hydrogen-bond acceptors (Lipinski definition) is 2. The minimum absolute atomic E-state index is 0.0757. The molecule has 0 aliphatic heterocycles. The molecule has 0 aromatic heterocycles. The van der Waals surface area contributed by atoms with Crippen molar-refractivity contribution in [3.05, 3.63) is 12.7 Å². The van der Waals surface area contributed by atoms with Crippen molar-refractivity contribution in [1.29, 1.82) is 0 Å². The number of carbonyl (C=O) groups is 2. The highest BCUT2D eigenvalue weighted by atomic mass is 16.2. The molecule has 2 unspecified atom stereocenters. The molecule has 0 spiro atoms. The van der Waals surface area contributed by atoms with Gasteiger partial charge in [-0.2, -0.15) is 0 Å². The average molecular weight is 294 g/mol. The molecule has 4 heteroatoms. The molecule has 1 rings (SSSR count). The van der Waals surface area contributed by atoms with Crippen molar-refractivity contribution in [2.45, 2.75) is 65.5 Å². The van der Waals surface area contributed by atoms with Gasteiger partial charge in [-0.3, -0.25) is 9.59 Å². The summed E-state index contributed by atoms with van der Waals surface area (Å²) in [7, 11) is 0. The molecule has 1 saturated carbocycles.